The van der Waals surface area contributed by atoms with E-state index in [1.807, 2.05) is 41.3 Å². The van der Waals surface area contributed by atoms with E-state index in [2.05, 4.69) is 42.8 Å². The van der Waals surface area contributed by atoms with Gasteiger partial charge in [-0.15, -0.1) is 0 Å². The molecule has 3 N–H and O–H groups in total. The molecule has 0 radical (unpaired) electrons. The molecule has 5 rings (SSSR count). The summed E-state index contributed by atoms with van der Waals surface area (Å²) in [5.41, 5.74) is 4.06. The van der Waals surface area contributed by atoms with Gasteiger partial charge in [0.1, 0.15) is 18.0 Å². The Bertz CT molecular complexity index is 1480. The molecule has 41 heavy (non-hydrogen) atoms. The fraction of sp³-hybridized carbons (Fsp3) is 0.367. The molecule has 214 valence electrons. The topological polar surface area (TPSA) is 108 Å². The number of aromatic nitrogens is 4. The summed E-state index contributed by atoms with van der Waals surface area (Å²) >= 11 is 0. The van der Waals surface area contributed by atoms with E-state index in [4.69, 9.17) is 0 Å². The monoisotopic (exact) mass is 560 g/mol. The summed E-state index contributed by atoms with van der Waals surface area (Å²) in [5.74, 6) is 1.41. The SMILES string of the molecule is CNC(=O)c1ccnc2c([C@H](C)CNc3cc(-c4ccc(NC5CCN(CC(F)F)CC5)nc4)ncn3)cccc12. The van der Waals surface area contributed by atoms with Gasteiger partial charge in [-0.2, -0.15) is 0 Å². The van der Waals surface area contributed by atoms with Crippen molar-refractivity contribution in [3.63, 3.8) is 0 Å². The standard InChI is InChI=1S/C30H34F2N8O/c1-19(22-4-3-5-23-24(30(41)33-2)8-11-34-29(22)23)15-35-28-14-25(37-18-38-28)20-6-7-27(36-16-20)39-21-9-12-40(13-10-21)17-26(31)32/h3-8,11,14,16,18-19,21,26H,9-10,12-13,15,17H2,1-2H3,(H,33,41)(H,36,39)(H,35,37,38)/t19-/m1/s1. The van der Waals surface area contributed by atoms with Crippen LogP contribution in [-0.2, 0) is 0 Å². The highest BCUT2D eigenvalue weighted by Crippen LogP contribution is 2.27. The van der Waals surface area contributed by atoms with Crippen molar-refractivity contribution < 1.29 is 13.6 Å². The number of piperidine rings is 1. The van der Waals surface area contributed by atoms with E-state index >= 15 is 0 Å². The van der Waals surface area contributed by atoms with Crippen LogP contribution < -0.4 is 16.0 Å². The predicted molar refractivity (Wildman–Crippen MR) is 156 cm³/mol. The number of likely N-dealkylation sites (tertiary alicyclic amines) is 1. The maximum absolute atomic E-state index is 12.6. The highest BCUT2D eigenvalue weighted by atomic mass is 19.3. The number of halogens is 2. The second-order valence-corrected chi connectivity index (χ2v) is 10.3. The van der Waals surface area contributed by atoms with E-state index in [-0.39, 0.29) is 24.4 Å². The van der Waals surface area contributed by atoms with Crippen molar-refractivity contribution in [1.29, 1.82) is 0 Å². The molecule has 1 aliphatic heterocycles. The number of hydrogen-bond donors (Lipinski definition) is 3. The Morgan fingerprint density at radius 2 is 1.88 bits per heavy atom. The maximum Gasteiger partial charge on any atom is 0.251 e. The number of nitrogens with zero attached hydrogens (tertiary/aromatic N) is 5. The van der Waals surface area contributed by atoms with Crippen LogP contribution in [0.2, 0.25) is 0 Å². The molecule has 4 heterocycles. The molecular weight excluding hydrogens is 526 g/mol. The van der Waals surface area contributed by atoms with Crippen molar-refractivity contribution >= 4 is 28.4 Å². The summed E-state index contributed by atoms with van der Waals surface area (Å²) in [5, 5.41) is 10.3. The number of para-hydroxylation sites is 1. The number of fused-ring (bicyclic) bond motifs is 1. The third kappa shape index (κ3) is 6.91. The molecular formula is C30H34F2N8O. The zero-order valence-corrected chi connectivity index (χ0v) is 23.1. The lowest BCUT2D eigenvalue weighted by Gasteiger charge is -2.32. The smallest absolute Gasteiger partial charge is 0.251 e. The van der Waals surface area contributed by atoms with Crippen LogP contribution in [0.15, 0.2) is 61.2 Å². The van der Waals surface area contributed by atoms with Crippen molar-refractivity contribution in [3.8, 4) is 11.3 Å². The van der Waals surface area contributed by atoms with Crippen LogP contribution in [0.4, 0.5) is 20.4 Å². The molecule has 1 aliphatic rings. The number of nitrogens with one attached hydrogen (secondary N) is 3. The number of hydrogen-bond acceptors (Lipinski definition) is 8. The normalized spacial score (nSPS) is 15.1. The van der Waals surface area contributed by atoms with Gasteiger partial charge < -0.3 is 16.0 Å². The summed E-state index contributed by atoms with van der Waals surface area (Å²) in [7, 11) is 1.62. The summed E-state index contributed by atoms with van der Waals surface area (Å²) in [6, 6.07) is 13.6. The molecule has 1 atom stereocenters. The summed E-state index contributed by atoms with van der Waals surface area (Å²) in [6.07, 6.45) is 4.29. The van der Waals surface area contributed by atoms with Crippen molar-refractivity contribution in [2.24, 2.45) is 0 Å². The van der Waals surface area contributed by atoms with Crippen molar-refractivity contribution in [3.05, 3.63) is 72.3 Å². The van der Waals surface area contributed by atoms with Gasteiger partial charge in [-0.3, -0.25) is 14.7 Å². The lowest BCUT2D eigenvalue weighted by Crippen LogP contribution is -2.41. The molecule has 1 amide bonds. The molecule has 0 unspecified atom stereocenters. The highest BCUT2D eigenvalue weighted by Gasteiger charge is 2.21. The number of pyridine rings is 2. The Kier molecular flexibility index (Phi) is 8.93. The lowest BCUT2D eigenvalue weighted by molar-refractivity contribution is 0.0769. The first-order valence-corrected chi connectivity index (χ1v) is 13.8. The van der Waals surface area contributed by atoms with Gasteiger partial charge in [-0.05, 0) is 36.6 Å². The molecule has 11 heteroatoms. The second kappa shape index (κ2) is 12.9. The number of carbonyl (C=O) groups is 1. The first-order valence-electron chi connectivity index (χ1n) is 13.8. The van der Waals surface area contributed by atoms with E-state index in [1.54, 1.807) is 25.5 Å². The van der Waals surface area contributed by atoms with Crippen LogP contribution in [0, 0.1) is 0 Å². The summed E-state index contributed by atoms with van der Waals surface area (Å²) < 4.78 is 25.2. The summed E-state index contributed by atoms with van der Waals surface area (Å²) in [6.45, 7) is 3.87. The van der Waals surface area contributed by atoms with Gasteiger partial charge in [0.25, 0.3) is 12.3 Å². The van der Waals surface area contributed by atoms with Crippen LogP contribution in [0.3, 0.4) is 0 Å². The molecule has 0 bridgehead atoms. The molecule has 0 saturated carbocycles. The Morgan fingerprint density at radius 1 is 1.05 bits per heavy atom. The van der Waals surface area contributed by atoms with Gasteiger partial charge in [0.15, 0.2) is 0 Å². The van der Waals surface area contributed by atoms with E-state index in [1.165, 1.54) is 6.33 Å². The van der Waals surface area contributed by atoms with Gasteiger partial charge >= 0.3 is 0 Å². The Morgan fingerprint density at radius 3 is 2.61 bits per heavy atom. The quantitative estimate of drug-likeness (QED) is 0.254. The van der Waals surface area contributed by atoms with Crippen LogP contribution in [0.25, 0.3) is 22.2 Å². The number of amides is 1. The molecule has 1 fully saturated rings. The minimum Gasteiger partial charge on any atom is -0.369 e. The minimum absolute atomic E-state index is 0.0961. The first kappa shape index (κ1) is 28.3. The average molecular weight is 561 g/mol. The van der Waals surface area contributed by atoms with E-state index in [9.17, 15) is 13.6 Å². The van der Waals surface area contributed by atoms with E-state index < -0.39 is 6.43 Å². The van der Waals surface area contributed by atoms with Crippen LogP contribution in [-0.4, -0.2) is 76.4 Å². The van der Waals surface area contributed by atoms with Crippen molar-refractivity contribution in [2.45, 2.75) is 38.2 Å². The average Bonchev–Trinajstić information content (AvgIpc) is 3.00. The molecule has 0 aliphatic carbocycles. The third-order valence-corrected chi connectivity index (χ3v) is 7.46. The second-order valence-electron chi connectivity index (χ2n) is 10.3. The number of benzene rings is 1. The molecule has 9 nitrogen and oxygen atoms in total. The zero-order valence-electron chi connectivity index (χ0n) is 23.1. The lowest BCUT2D eigenvalue weighted by atomic mass is 9.96. The van der Waals surface area contributed by atoms with Gasteiger partial charge in [0, 0.05) is 68.1 Å². The molecule has 4 aromatic rings. The molecule has 1 aromatic carbocycles. The van der Waals surface area contributed by atoms with Gasteiger partial charge in [-0.1, -0.05) is 25.1 Å². The van der Waals surface area contributed by atoms with Gasteiger partial charge in [0.2, 0.25) is 0 Å². The van der Waals surface area contributed by atoms with Gasteiger partial charge in [0.05, 0.1) is 23.3 Å². The summed E-state index contributed by atoms with van der Waals surface area (Å²) in [4.78, 5) is 32.1. The van der Waals surface area contributed by atoms with Crippen molar-refractivity contribution in [1.82, 2.24) is 30.2 Å². The Hall–Kier alpha value is -4.25. The molecule has 0 spiro atoms. The largest absolute Gasteiger partial charge is 0.369 e. The number of anilines is 2. The predicted octanol–water partition coefficient (Wildman–Crippen LogP) is 4.80. The van der Waals surface area contributed by atoms with E-state index in [0.717, 1.165) is 46.4 Å². The highest BCUT2D eigenvalue weighted by molar-refractivity contribution is 6.06. The number of rotatable bonds is 10. The van der Waals surface area contributed by atoms with Crippen molar-refractivity contribution in [2.75, 3.05) is 43.9 Å². The fourth-order valence-corrected chi connectivity index (χ4v) is 5.20. The van der Waals surface area contributed by atoms with Crippen LogP contribution >= 0.6 is 0 Å². The molecule has 1 saturated heterocycles. The first-order chi connectivity index (χ1) is 19.9. The van der Waals surface area contributed by atoms with Gasteiger partial charge in [-0.25, -0.2) is 23.7 Å². The zero-order chi connectivity index (χ0) is 28.8. The van der Waals surface area contributed by atoms with Crippen LogP contribution in [0.1, 0.15) is 41.6 Å². The third-order valence-electron chi connectivity index (χ3n) is 7.46. The molecule has 3 aromatic heterocycles. The fourth-order valence-electron chi connectivity index (χ4n) is 5.20. The Labute approximate surface area is 237 Å². The van der Waals surface area contributed by atoms with Crippen LogP contribution in [0.5, 0.6) is 0 Å². The Balaban J connectivity index is 1.20. The minimum atomic E-state index is -2.29. The maximum atomic E-state index is 12.6. The number of carbonyl (C=O) groups excluding carboxylic acids is 1. The number of alkyl halides is 2. The van der Waals surface area contributed by atoms with E-state index in [0.29, 0.717) is 31.0 Å².